The van der Waals surface area contributed by atoms with Gasteiger partial charge in [-0.2, -0.15) is 0 Å². The summed E-state index contributed by atoms with van der Waals surface area (Å²) in [7, 11) is -1.28. The lowest BCUT2D eigenvalue weighted by Gasteiger charge is -2.24. The second-order valence-corrected chi connectivity index (χ2v) is 6.80. The van der Waals surface area contributed by atoms with Crippen molar-refractivity contribution in [3.63, 3.8) is 0 Å². The van der Waals surface area contributed by atoms with Crippen LogP contribution in [0.4, 0.5) is 10.6 Å². The van der Waals surface area contributed by atoms with E-state index in [1.54, 1.807) is 12.1 Å². The molecule has 0 aliphatic heterocycles. The summed E-state index contributed by atoms with van der Waals surface area (Å²) in [6.45, 7) is 0.0354. The van der Waals surface area contributed by atoms with E-state index >= 15 is 0 Å². The molecule has 0 radical (unpaired) electrons. The maximum Gasteiger partial charge on any atom is 0.412 e. The number of anilines is 1. The highest BCUT2D eigenvalue weighted by Gasteiger charge is 2.23. The van der Waals surface area contributed by atoms with Gasteiger partial charge in [-0.05, 0) is 13.0 Å². The van der Waals surface area contributed by atoms with Gasteiger partial charge in [-0.3, -0.25) is 23.8 Å². The third-order valence-electron chi connectivity index (χ3n) is 3.55. The number of amides is 3. The molecule has 30 heavy (non-hydrogen) atoms. The molecular weight excluding hydrogens is 423 g/mol. The van der Waals surface area contributed by atoms with Crippen LogP contribution in [-0.4, -0.2) is 75.6 Å². The molecule has 0 aliphatic rings. The van der Waals surface area contributed by atoms with E-state index in [0.29, 0.717) is 12.0 Å². The Balaban J connectivity index is 2.95. The van der Waals surface area contributed by atoms with Gasteiger partial charge >= 0.3 is 20.7 Å². The Kier molecular flexibility index (Phi) is 10.6. The monoisotopic (exact) mass is 446 g/mol. The molecule has 0 saturated heterocycles. The summed E-state index contributed by atoms with van der Waals surface area (Å²) in [4.78, 5) is 70.1. The number of hydrogen-bond donors (Lipinski definition) is 4. The van der Waals surface area contributed by atoms with Crippen LogP contribution < -0.4 is 10.2 Å². The fourth-order valence-corrected chi connectivity index (χ4v) is 2.48. The highest BCUT2D eigenvalue weighted by Crippen LogP contribution is 2.24. The van der Waals surface area contributed by atoms with Crippen molar-refractivity contribution in [3.05, 3.63) is 23.9 Å². The molecule has 3 amide bonds. The van der Waals surface area contributed by atoms with Crippen LogP contribution in [0.3, 0.4) is 0 Å². The Morgan fingerprint density at radius 1 is 1.37 bits per heavy atom. The average Bonchev–Trinajstić information content (AvgIpc) is 2.66. The van der Waals surface area contributed by atoms with E-state index < -0.39 is 46.0 Å². The summed E-state index contributed by atoms with van der Waals surface area (Å²) in [5, 5.41) is 11.2. The first-order valence-corrected chi connectivity index (χ1v) is 9.66. The van der Waals surface area contributed by atoms with Crippen LogP contribution in [0.15, 0.2) is 18.3 Å². The smallest absolute Gasteiger partial charge is 0.412 e. The zero-order valence-electron chi connectivity index (χ0n) is 16.3. The maximum absolute atomic E-state index is 12.4. The summed E-state index contributed by atoms with van der Waals surface area (Å²) in [6, 6.07) is 2.48. The van der Waals surface area contributed by atoms with Crippen LogP contribution in [0.5, 0.6) is 0 Å². The van der Waals surface area contributed by atoms with Crippen molar-refractivity contribution in [3.8, 4) is 0 Å². The van der Waals surface area contributed by atoms with Crippen molar-refractivity contribution < 1.29 is 43.3 Å². The predicted octanol–water partition coefficient (Wildman–Crippen LogP) is -0.222. The minimum absolute atomic E-state index is 0.187. The second kappa shape index (κ2) is 12.6. The number of pyridine rings is 1. The molecule has 1 atom stereocenters. The number of carbonyl (C=O) groups is 4. The van der Waals surface area contributed by atoms with Gasteiger partial charge in [0.1, 0.15) is 12.4 Å². The Morgan fingerprint density at radius 2 is 2.07 bits per heavy atom. The fourth-order valence-electron chi connectivity index (χ4n) is 2.33. The number of hydrogen-bond acceptors (Lipinski definition) is 9. The lowest BCUT2D eigenvalue weighted by atomic mass is 10.2. The molecular formula is C16H23N4O9P. The summed E-state index contributed by atoms with van der Waals surface area (Å²) < 4.78 is 9.15. The van der Waals surface area contributed by atoms with E-state index in [4.69, 9.17) is 19.6 Å². The van der Waals surface area contributed by atoms with Gasteiger partial charge in [-0.15, -0.1) is 0 Å². The number of rotatable bonds is 12. The van der Waals surface area contributed by atoms with Crippen molar-refractivity contribution >= 4 is 38.8 Å². The third-order valence-corrected chi connectivity index (χ3v) is 3.89. The van der Waals surface area contributed by atoms with Gasteiger partial charge in [0.05, 0.1) is 13.0 Å². The molecule has 13 nitrogen and oxygen atoms in total. The number of carboxylic acids is 1. The van der Waals surface area contributed by atoms with Crippen molar-refractivity contribution in [1.29, 1.82) is 0 Å². The molecule has 0 spiro atoms. The van der Waals surface area contributed by atoms with Crippen molar-refractivity contribution in [1.82, 2.24) is 15.2 Å². The molecule has 1 heterocycles. The van der Waals surface area contributed by atoms with Crippen molar-refractivity contribution in [2.24, 2.45) is 0 Å². The van der Waals surface area contributed by atoms with Gasteiger partial charge in [0.25, 0.3) is 0 Å². The quantitative estimate of drug-likeness (QED) is 0.190. The second-order valence-electron chi connectivity index (χ2n) is 6.03. The van der Waals surface area contributed by atoms with E-state index in [9.17, 15) is 19.2 Å². The minimum atomic E-state index is -2.74. The zero-order chi connectivity index (χ0) is 22.7. The third kappa shape index (κ3) is 9.09. The molecule has 4 N–H and O–H groups in total. The maximum atomic E-state index is 12.4. The van der Waals surface area contributed by atoms with E-state index in [0.717, 1.165) is 4.90 Å². The molecule has 1 unspecified atom stereocenters. The number of nitrogens with one attached hydrogen (secondary N) is 1. The number of aliphatic carboxylic acids is 1. The largest absolute Gasteiger partial charge is 0.481 e. The molecule has 166 valence electrons. The summed E-state index contributed by atoms with van der Waals surface area (Å²) in [5.74, 6) is -1.50. The molecule has 1 aromatic rings. The first-order valence-electron chi connectivity index (χ1n) is 8.49. The van der Waals surface area contributed by atoms with Crippen molar-refractivity contribution in [2.45, 2.75) is 25.9 Å². The Hall–Kier alpha value is -2.86. The minimum Gasteiger partial charge on any atom is -0.481 e. The number of aromatic nitrogens is 1. The van der Waals surface area contributed by atoms with Gasteiger partial charge < -0.3 is 29.8 Å². The lowest BCUT2D eigenvalue weighted by molar-refractivity contribution is -0.137. The van der Waals surface area contributed by atoms with Gasteiger partial charge in [-0.25, -0.2) is 9.78 Å². The Morgan fingerprint density at radius 3 is 2.67 bits per heavy atom. The molecule has 0 fully saturated rings. The van der Waals surface area contributed by atoms with Crippen LogP contribution in [0.2, 0.25) is 0 Å². The predicted molar refractivity (Wildman–Crippen MR) is 103 cm³/mol. The molecule has 0 aliphatic carbocycles. The van der Waals surface area contributed by atoms with Gasteiger partial charge in [0.15, 0.2) is 0 Å². The first kappa shape index (κ1) is 25.2. The highest BCUT2D eigenvalue weighted by molar-refractivity contribution is 7.39. The molecule has 0 bridgehead atoms. The van der Waals surface area contributed by atoms with Gasteiger partial charge in [0, 0.05) is 24.8 Å². The average molecular weight is 446 g/mol. The number of nitrogens with zero attached hydrogens (tertiary/aromatic N) is 3. The van der Waals surface area contributed by atoms with E-state index in [1.807, 2.05) is 0 Å². The summed E-state index contributed by atoms with van der Waals surface area (Å²) >= 11 is 0. The van der Waals surface area contributed by atoms with Crippen LogP contribution in [0, 0.1) is 0 Å². The van der Waals surface area contributed by atoms with Crippen LogP contribution in [0.1, 0.15) is 18.9 Å². The molecule has 1 rings (SSSR count). The summed E-state index contributed by atoms with van der Waals surface area (Å²) in [6.07, 6.45) is 0.641. The van der Waals surface area contributed by atoms with Crippen LogP contribution >= 0.6 is 8.60 Å². The topological polar surface area (TPSA) is 179 Å². The Labute approximate surface area is 173 Å². The number of ether oxygens (including phenoxy) is 1. The first-order chi connectivity index (χ1) is 14.1. The fraction of sp³-hybridized carbons (Fsp3) is 0.438. The number of carboxylic acid groups (broad SMARTS) is 1. The standard InChI is InChI=1S/C16H23N4O9P/c1-11(6-14(23)24)18-13(22)8-20(16(25)28-10-29-30(26)27)7-12-4-3-5-17-15(12)19(2)9-21/h3-5,9,11,26-27H,6-8,10H2,1-2H3,(H,18,22)(H,23,24). The van der Waals surface area contributed by atoms with E-state index in [1.165, 1.54) is 25.1 Å². The SMILES string of the molecule is CC(CC(=O)O)NC(=O)CN(Cc1cccnc1N(C)C=O)C(=O)OCOP(O)O. The van der Waals surface area contributed by atoms with Crippen molar-refractivity contribution in [2.75, 3.05) is 25.3 Å². The zero-order valence-corrected chi connectivity index (χ0v) is 17.2. The molecule has 0 saturated carbocycles. The van der Waals surface area contributed by atoms with Gasteiger partial charge in [0.2, 0.25) is 19.1 Å². The van der Waals surface area contributed by atoms with Crippen LogP contribution in [0.25, 0.3) is 0 Å². The van der Waals surface area contributed by atoms with Gasteiger partial charge in [-0.1, -0.05) is 6.07 Å². The van der Waals surface area contributed by atoms with Crippen LogP contribution in [-0.2, 0) is 30.2 Å². The van der Waals surface area contributed by atoms with E-state index in [-0.39, 0.29) is 18.8 Å². The molecule has 1 aromatic heterocycles. The number of carbonyl (C=O) groups excluding carboxylic acids is 3. The normalized spacial score (nSPS) is 11.5. The summed E-state index contributed by atoms with van der Waals surface area (Å²) in [5.41, 5.74) is 0.419. The molecule has 14 heteroatoms. The Bertz CT molecular complexity index is 749. The highest BCUT2D eigenvalue weighted by atomic mass is 31.2. The van der Waals surface area contributed by atoms with E-state index in [2.05, 4.69) is 14.8 Å². The molecule has 0 aromatic carbocycles. The lowest BCUT2D eigenvalue weighted by Crippen LogP contribution is -2.44.